The largest absolute Gasteiger partial charge is 0.292 e. The lowest BCUT2D eigenvalue weighted by atomic mass is 10.2. The summed E-state index contributed by atoms with van der Waals surface area (Å²) in [5.41, 5.74) is 1.06. The van der Waals surface area contributed by atoms with E-state index < -0.39 is 0 Å². The van der Waals surface area contributed by atoms with Crippen molar-refractivity contribution in [3.05, 3.63) is 70.1 Å². The Bertz CT molecular complexity index is 1180. The number of hydrogen-bond donors (Lipinski definition) is 0. The van der Waals surface area contributed by atoms with Gasteiger partial charge in [-0.15, -0.1) is 11.3 Å². The number of para-hydroxylation sites is 1. The molecule has 0 N–H and O–H groups in total. The van der Waals surface area contributed by atoms with Crippen LogP contribution in [0.25, 0.3) is 21.0 Å². The highest BCUT2D eigenvalue weighted by atomic mass is 32.1. The Balaban J connectivity index is 1.26. The maximum absolute atomic E-state index is 12.7. The number of hydrogen-bond acceptors (Lipinski definition) is 6. The second-order valence-electron chi connectivity index (χ2n) is 7.53. The van der Waals surface area contributed by atoms with E-state index in [9.17, 15) is 4.79 Å². The zero-order chi connectivity index (χ0) is 19.8. The molecule has 1 aliphatic heterocycles. The molecule has 1 unspecified atom stereocenters. The molecular formula is C22H23N5OS. The van der Waals surface area contributed by atoms with E-state index in [0.29, 0.717) is 12.7 Å². The van der Waals surface area contributed by atoms with E-state index in [-0.39, 0.29) is 5.56 Å². The molecule has 1 fully saturated rings. The molecule has 148 valence electrons. The van der Waals surface area contributed by atoms with Gasteiger partial charge in [-0.1, -0.05) is 30.3 Å². The van der Waals surface area contributed by atoms with Crippen LogP contribution in [0.4, 0.5) is 0 Å². The lowest BCUT2D eigenvalue weighted by molar-refractivity contribution is 0.0781. The van der Waals surface area contributed by atoms with Crippen LogP contribution in [0, 0.1) is 0 Å². The molecule has 6 nitrogen and oxygen atoms in total. The van der Waals surface area contributed by atoms with Gasteiger partial charge in [0, 0.05) is 31.6 Å². The minimum Gasteiger partial charge on any atom is -0.292 e. The predicted molar refractivity (Wildman–Crippen MR) is 117 cm³/mol. The first-order valence-corrected chi connectivity index (χ1v) is 10.8. The van der Waals surface area contributed by atoms with Crippen LogP contribution in [0.5, 0.6) is 0 Å². The first-order chi connectivity index (χ1) is 14.2. The zero-order valence-electron chi connectivity index (χ0n) is 16.4. The molecule has 0 bridgehead atoms. The third-order valence-corrected chi connectivity index (χ3v) is 6.92. The Morgan fingerprint density at radius 3 is 2.62 bits per heavy atom. The topological polar surface area (TPSA) is 54.3 Å². The highest BCUT2D eigenvalue weighted by molar-refractivity contribution is 7.18. The number of benzene rings is 2. The van der Waals surface area contributed by atoms with Crippen LogP contribution in [-0.4, -0.2) is 50.7 Å². The maximum atomic E-state index is 12.7. The van der Waals surface area contributed by atoms with E-state index in [2.05, 4.69) is 40.0 Å². The lowest BCUT2D eigenvalue weighted by Gasteiger charge is -2.37. The average Bonchev–Trinajstić information content (AvgIpc) is 3.20. The van der Waals surface area contributed by atoms with Gasteiger partial charge in [-0.2, -0.15) is 5.10 Å². The Kier molecular flexibility index (Phi) is 4.87. The number of aromatic nitrogens is 3. The minimum absolute atomic E-state index is 0.0200. The summed E-state index contributed by atoms with van der Waals surface area (Å²) in [6.07, 6.45) is 1.78. The van der Waals surface area contributed by atoms with Crippen LogP contribution in [-0.2, 0) is 6.67 Å². The van der Waals surface area contributed by atoms with Crippen LogP contribution >= 0.6 is 11.3 Å². The van der Waals surface area contributed by atoms with Crippen molar-refractivity contribution in [1.29, 1.82) is 0 Å². The van der Waals surface area contributed by atoms with Crippen molar-refractivity contribution in [2.75, 3.05) is 26.2 Å². The van der Waals surface area contributed by atoms with Gasteiger partial charge in [0.25, 0.3) is 5.56 Å². The standard InChI is InChI=1S/C22H23N5OS/c1-16(21-24-19-8-4-5-9-20(19)29-21)26-12-10-25(11-13-26)15-27-22(28)18-7-3-2-6-17(18)14-23-27/h2-9,14,16H,10-13,15H2,1H3. The molecule has 2 aromatic heterocycles. The fourth-order valence-electron chi connectivity index (χ4n) is 3.93. The van der Waals surface area contributed by atoms with Crippen LogP contribution in [0.2, 0.25) is 0 Å². The van der Waals surface area contributed by atoms with Crippen molar-refractivity contribution < 1.29 is 0 Å². The normalized spacial score (nSPS) is 17.1. The van der Waals surface area contributed by atoms with Crippen molar-refractivity contribution in [1.82, 2.24) is 24.6 Å². The molecule has 0 aliphatic carbocycles. The number of rotatable bonds is 4. The smallest absolute Gasteiger partial charge is 0.275 e. The summed E-state index contributed by atoms with van der Waals surface area (Å²) in [7, 11) is 0. The van der Waals surface area contributed by atoms with E-state index in [1.165, 1.54) is 9.71 Å². The molecular weight excluding hydrogens is 382 g/mol. The fourth-order valence-corrected chi connectivity index (χ4v) is 4.99. The molecule has 4 aromatic rings. The van der Waals surface area contributed by atoms with E-state index in [1.807, 2.05) is 30.3 Å². The number of piperazine rings is 1. The molecule has 5 rings (SSSR count). The van der Waals surface area contributed by atoms with Crippen LogP contribution in [0.1, 0.15) is 18.0 Å². The molecule has 29 heavy (non-hydrogen) atoms. The lowest BCUT2D eigenvalue weighted by Crippen LogP contribution is -2.48. The molecule has 1 atom stereocenters. The molecule has 0 saturated carbocycles. The van der Waals surface area contributed by atoms with Crippen molar-refractivity contribution >= 4 is 32.3 Å². The molecule has 2 aromatic carbocycles. The van der Waals surface area contributed by atoms with E-state index >= 15 is 0 Å². The van der Waals surface area contributed by atoms with Gasteiger partial charge in [0.1, 0.15) is 5.01 Å². The molecule has 1 aliphatic rings. The molecule has 7 heteroatoms. The first-order valence-electron chi connectivity index (χ1n) is 9.96. The number of thiazole rings is 1. The summed E-state index contributed by atoms with van der Waals surface area (Å²) in [4.78, 5) is 22.3. The molecule has 0 radical (unpaired) electrons. The monoisotopic (exact) mass is 405 g/mol. The summed E-state index contributed by atoms with van der Waals surface area (Å²) in [5.74, 6) is 0. The van der Waals surface area contributed by atoms with Crippen LogP contribution in [0.15, 0.2) is 59.5 Å². The van der Waals surface area contributed by atoms with Gasteiger partial charge in [0.15, 0.2) is 0 Å². The summed E-state index contributed by atoms with van der Waals surface area (Å²) in [6.45, 7) is 6.51. The number of nitrogens with zero attached hydrogens (tertiary/aromatic N) is 5. The van der Waals surface area contributed by atoms with Gasteiger partial charge in [-0.3, -0.25) is 14.6 Å². The predicted octanol–water partition coefficient (Wildman–Crippen LogP) is 3.34. The minimum atomic E-state index is -0.0200. The molecule has 0 spiro atoms. The third-order valence-electron chi connectivity index (χ3n) is 5.72. The Labute approximate surface area is 173 Å². The van der Waals surface area contributed by atoms with Gasteiger partial charge in [-0.05, 0) is 25.1 Å². The second kappa shape index (κ2) is 7.67. The van der Waals surface area contributed by atoms with E-state index in [0.717, 1.165) is 42.5 Å². The Morgan fingerprint density at radius 1 is 1.03 bits per heavy atom. The van der Waals surface area contributed by atoms with Gasteiger partial charge >= 0.3 is 0 Å². The fraction of sp³-hybridized carbons (Fsp3) is 0.318. The second-order valence-corrected chi connectivity index (χ2v) is 8.59. The van der Waals surface area contributed by atoms with Crippen molar-refractivity contribution in [2.45, 2.75) is 19.6 Å². The van der Waals surface area contributed by atoms with E-state index in [1.54, 1.807) is 22.2 Å². The van der Waals surface area contributed by atoms with Gasteiger partial charge in [-0.25, -0.2) is 9.67 Å². The van der Waals surface area contributed by atoms with Crippen molar-refractivity contribution in [3.8, 4) is 0 Å². The summed E-state index contributed by atoms with van der Waals surface area (Å²) in [5, 5.41) is 7.16. The molecule has 3 heterocycles. The third kappa shape index (κ3) is 3.57. The number of fused-ring (bicyclic) bond motifs is 2. The van der Waals surface area contributed by atoms with Gasteiger partial charge in [0.05, 0.1) is 34.5 Å². The van der Waals surface area contributed by atoms with Gasteiger partial charge in [0.2, 0.25) is 0 Å². The van der Waals surface area contributed by atoms with E-state index in [4.69, 9.17) is 4.98 Å². The van der Waals surface area contributed by atoms with Gasteiger partial charge < -0.3 is 0 Å². The Hall–Kier alpha value is -2.61. The molecule has 1 saturated heterocycles. The zero-order valence-corrected chi connectivity index (χ0v) is 17.2. The first kappa shape index (κ1) is 18.4. The molecule has 0 amide bonds. The highest BCUT2D eigenvalue weighted by Crippen LogP contribution is 2.29. The summed E-state index contributed by atoms with van der Waals surface area (Å²) in [6, 6.07) is 16.2. The summed E-state index contributed by atoms with van der Waals surface area (Å²) >= 11 is 1.78. The summed E-state index contributed by atoms with van der Waals surface area (Å²) < 4.78 is 2.82. The quantitative estimate of drug-likeness (QED) is 0.521. The van der Waals surface area contributed by atoms with Crippen molar-refractivity contribution in [3.63, 3.8) is 0 Å². The van der Waals surface area contributed by atoms with Crippen LogP contribution in [0.3, 0.4) is 0 Å². The van der Waals surface area contributed by atoms with Crippen LogP contribution < -0.4 is 5.56 Å². The highest BCUT2D eigenvalue weighted by Gasteiger charge is 2.24. The SMILES string of the molecule is CC(c1nc2ccccc2s1)N1CCN(Cn2ncc3ccccc3c2=O)CC1. The van der Waals surface area contributed by atoms with Crippen molar-refractivity contribution in [2.24, 2.45) is 0 Å². The average molecular weight is 406 g/mol. The maximum Gasteiger partial charge on any atom is 0.275 e. The Morgan fingerprint density at radius 2 is 1.79 bits per heavy atom.